The van der Waals surface area contributed by atoms with Gasteiger partial charge in [-0.05, 0) is 31.2 Å². The number of benzene rings is 1. The van der Waals surface area contributed by atoms with Crippen molar-refractivity contribution >= 4 is 11.6 Å². The van der Waals surface area contributed by atoms with Crippen molar-refractivity contribution in [2.45, 2.75) is 19.9 Å². The molecule has 1 aromatic carbocycles. The quantitative estimate of drug-likeness (QED) is 0.809. The van der Waals surface area contributed by atoms with E-state index in [0.717, 1.165) is 30.8 Å². The Bertz CT molecular complexity index is 531. The molecule has 19 heavy (non-hydrogen) atoms. The lowest BCUT2D eigenvalue weighted by Gasteiger charge is -2.12. The first-order valence-electron chi connectivity index (χ1n) is 6.37. The van der Waals surface area contributed by atoms with Gasteiger partial charge in [-0.3, -0.25) is 4.98 Å². The molecular formula is C15H17ClN2O. The van der Waals surface area contributed by atoms with Gasteiger partial charge in [0.25, 0.3) is 0 Å². The molecule has 0 aliphatic rings. The number of hydrogen-bond acceptors (Lipinski definition) is 3. The molecule has 0 atom stereocenters. The first-order chi connectivity index (χ1) is 9.31. The molecule has 0 radical (unpaired) electrons. The molecule has 0 amide bonds. The molecule has 1 heterocycles. The smallest absolute Gasteiger partial charge is 0.150 e. The molecule has 0 aliphatic heterocycles. The van der Waals surface area contributed by atoms with Crippen LogP contribution in [0.4, 0.5) is 0 Å². The summed E-state index contributed by atoms with van der Waals surface area (Å²) in [6.45, 7) is 3.88. The zero-order valence-electron chi connectivity index (χ0n) is 10.9. The highest BCUT2D eigenvalue weighted by Gasteiger charge is 2.07. The van der Waals surface area contributed by atoms with Crippen molar-refractivity contribution < 1.29 is 4.74 Å². The fourth-order valence-electron chi connectivity index (χ4n) is 1.69. The van der Waals surface area contributed by atoms with E-state index in [-0.39, 0.29) is 0 Å². The van der Waals surface area contributed by atoms with Crippen LogP contribution in [-0.4, -0.2) is 11.5 Å². The van der Waals surface area contributed by atoms with Crippen LogP contribution >= 0.6 is 11.6 Å². The van der Waals surface area contributed by atoms with Gasteiger partial charge in [0.05, 0.1) is 11.2 Å². The third kappa shape index (κ3) is 3.94. The van der Waals surface area contributed by atoms with E-state index >= 15 is 0 Å². The zero-order valence-corrected chi connectivity index (χ0v) is 11.7. The number of ether oxygens (including phenoxy) is 1. The van der Waals surface area contributed by atoms with Crippen molar-refractivity contribution in [3.63, 3.8) is 0 Å². The van der Waals surface area contributed by atoms with Crippen molar-refractivity contribution in [3.8, 4) is 11.5 Å². The number of halogens is 1. The van der Waals surface area contributed by atoms with E-state index in [2.05, 4.69) is 17.2 Å². The molecule has 0 saturated heterocycles. The summed E-state index contributed by atoms with van der Waals surface area (Å²) in [4.78, 5) is 4.10. The van der Waals surface area contributed by atoms with Crippen LogP contribution in [0.1, 0.15) is 18.9 Å². The molecule has 1 aromatic heterocycles. The summed E-state index contributed by atoms with van der Waals surface area (Å²) in [5.41, 5.74) is 1.07. The summed E-state index contributed by atoms with van der Waals surface area (Å²) in [6, 6.07) is 9.38. The van der Waals surface area contributed by atoms with E-state index in [1.54, 1.807) is 12.4 Å². The second kappa shape index (κ2) is 7.12. The average Bonchev–Trinajstić information content (AvgIpc) is 2.43. The van der Waals surface area contributed by atoms with Crippen LogP contribution in [0.25, 0.3) is 0 Å². The van der Waals surface area contributed by atoms with Crippen LogP contribution in [0.5, 0.6) is 11.5 Å². The van der Waals surface area contributed by atoms with Gasteiger partial charge in [-0.15, -0.1) is 0 Å². The van der Waals surface area contributed by atoms with Crippen LogP contribution in [-0.2, 0) is 6.54 Å². The minimum Gasteiger partial charge on any atom is -0.454 e. The van der Waals surface area contributed by atoms with E-state index in [1.807, 2.05) is 30.3 Å². The highest BCUT2D eigenvalue weighted by molar-refractivity contribution is 6.32. The predicted molar refractivity (Wildman–Crippen MR) is 77.8 cm³/mol. The Kier molecular flexibility index (Phi) is 5.19. The minimum absolute atomic E-state index is 0.596. The lowest BCUT2D eigenvalue weighted by molar-refractivity contribution is 0.470. The van der Waals surface area contributed by atoms with Crippen molar-refractivity contribution in [3.05, 3.63) is 53.3 Å². The normalized spacial score (nSPS) is 10.4. The van der Waals surface area contributed by atoms with Crippen molar-refractivity contribution in [1.29, 1.82) is 0 Å². The molecular weight excluding hydrogens is 260 g/mol. The molecule has 0 spiro atoms. The topological polar surface area (TPSA) is 34.2 Å². The van der Waals surface area contributed by atoms with E-state index < -0.39 is 0 Å². The number of pyridine rings is 1. The Morgan fingerprint density at radius 1 is 1.21 bits per heavy atom. The second-order valence-corrected chi connectivity index (χ2v) is 4.60. The predicted octanol–water partition coefficient (Wildman–Crippen LogP) is 4.03. The Hall–Kier alpha value is -1.58. The molecule has 0 saturated carbocycles. The summed E-state index contributed by atoms with van der Waals surface area (Å²) >= 11 is 6.09. The van der Waals surface area contributed by atoms with Gasteiger partial charge in [0, 0.05) is 18.3 Å². The van der Waals surface area contributed by atoms with Gasteiger partial charge in [-0.2, -0.15) is 0 Å². The van der Waals surface area contributed by atoms with Crippen LogP contribution in [0.2, 0.25) is 5.02 Å². The lowest BCUT2D eigenvalue weighted by Crippen LogP contribution is -2.14. The SMILES string of the molecule is CCCNCc1ccncc1Oc1ccccc1Cl. The number of aromatic nitrogens is 1. The van der Waals surface area contributed by atoms with E-state index in [1.165, 1.54) is 0 Å². The van der Waals surface area contributed by atoms with Gasteiger partial charge in [0.15, 0.2) is 0 Å². The maximum atomic E-state index is 6.09. The molecule has 0 bridgehead atoms. The Labute approximate surface area is 118 Å². The highest BCUT2D eigenvalue weighted by Crippen LogP contribution is 2.30. The van der Waals surface area contributed by atoms with E-state index in [9.17, 15) is 0 Å². The lowest BCUT2D eigenvalue weighted by atomic mass is 10.2. The summed E-state index contributed by atoms with van der Waals surface area (Å²) in [7, 11) is 0. The van der Waals surface area contributed by atoms with Gasteiger partial charge in [0.2, 0.25) is 0 Å². The molecule has 2 aromatic rings. The maximum absolute atomic E-state index is 6.09. The Morgan fingerprint density at radius 2 is 2.05 bits per heavy atom. The summed E-state index contributed by atoms with van der Waals surface area (Å²) < 4.78 is 5.84. The van der Waals surface area contributed by atoms with Gasteiger partial charge in [-0.25, -0.2) is 0 Å². The molecule has 100 valence electrons. The van der Waals surface area contributed by atoms with E-state index in [4.69, 9.17) is 16.3 Å². The monoisotopic (exact) mass is 276 g/mol. The first kappa shape index (κ1) is 13.8. The third-order valence-electron chi connectivity index (χ3n) is 2.67. The number of nitrogens with one attached hydrogen (secondary N) is 1. The largest absolute Gasteiger partial charge is 0.454 e. The van der Waals surface area contributed by atoms with Crippen molar-refractivity contribution in [2.24, 2.45) is 0 Å². The molecule has 0 fully saturated rings. The molecule has 1 N–H and O–H groups in total. The fourth-order valence-corrected chi connectivity index (χ4v) is 1.87. The molecule has 0 aliphatic carbocycles. The average molecular weight is 277 g/mol. The summed E-state index contributed by atoms with van der Waals surface area (Å²) in [5.74, 6) is 1.38. The van der Waals surface area contributed by atoms with Gasteiger partial charge in [0.1, 0.15) is 11.5 Å². The van der Waals surface area contributed by atoms with Crippen molar-refractivity contribution in [2.75, 3.05) is 6.54 Å². The minimum atomic E-state index is 0.596. The van der Waals surface area contributed by atoms with Crippen molar-refractivity contribution in [1.82, 2.24) is 10.3 Å². The van der Waals surface area contributed by atoms with Crippen LogP contribution in [0.3, 0.4) is 0 Å². The molecule has 3 nitrogen and oxygen atoms in total. The number of para-hydroxylation sites is 1. The number of hydrogen-bond donors (Lipinski definition) is 1. The highest BCUT2D eigenvalue weighted by atomic mass is 35.5. The molecule has 2 rings (SSSR count). The number of nitrogens with zero attached hydrogens (tertiary/aromatic N) is 1. The van der Waals surface area contributed by atoms with Crippen LogP contribution in [0.15, 0.2) is 42.7 Å². The standard InChI is InChI=1S/C15H17ClN2O/c1-2-8-17-10-12-7-9-18-11-15(12)19-14-6-4-3-5-13(14)16/h3-7,9,11,17H,2,8,10H2,1H3. The maximum Gasteiger partial charge on any atom is 0.150 e. The zero-order chi connectivity index (χ0) is 13.5. The summed E-state index contributed by atoms with van der Waals surface area (Å²) in [5, 5.41) is 3.95. The van der Waals surface area contributed by atoms with Gasteiger partial charge < -0.3 is 10.1 Å². The first-order valence-corrected chi connectivity index (χ1v) is 6.75. The van der Waals surface area contributed by atoms with Crippen LogP contribution in [0, 0.1) is 0 Å². The Balaban J connectivity index is 2.13. The second-order valence-electron chi connectivity index (χ2n) is 4.19. The number of rotatable bonds is 6. The summed E-state index contributed by atoms with van der Waals surface area (Å²) in [6.07, 6.45) is 4.58. The van der Waals surface area contributed by atoms with E-state index in [0.29, 0.717) is 10.8 Å². The van der Waals surface area contributed by atoms with Gasteiger partial charge in [-0.1, -0.05) is 30.7 Å². The van der Waals surface area contributed by atoms with Crippen LogP contribution < -0.4 is 10.1 Å². The Morgan fingerprint density at radius 3 is 2.84 bits per heavy atom. The third-order valence-corrected chi connectivity index (χ3v) is 2.98. The fraction of sp³-hybridized carbons (Fsp3) is 0.267. The molecule has 0 unspecified atom stereocenters. The van der Waals surface area contributed by atoms with Gasteiger partial charge >= 0.3 is 0 Å². The molecule has 4 heteroatoms.